The molecule has 0 aliphatic rings. The first-order valence-corrected chi connectivity index (χ1v) is 9.12. The largest absolute Gasteiger partial charge is 0.326 e. The average molecular weight is 308 g/mol. The summed E-state index contributed by atoms with van der Waals surface area (Å²) in [6.07, 6.45) is 7.35. The molecule has 1 unspecified atom stereocenters. The molecule has 4 heteroatoms. The topological polar surface area (TPSA) is 41.1 Å². The predicted octanol–water partition coefficient (Wildman–Crippen LogP) is 4.22. The van der Waals surface area contributed by atoms with Crippen LogP contribution in [0.5, 0.6) is 0 Å². The van der Waals surface area contributed by atoms with E-state index in [4.69, 9.17) is 0 Å². The Labute approximate surface area is 133 Å². The van der Waals surface area contributed by atoms with Crippen LogP contribution in [0.4, 0.5) is 5.69 Å². The molecule has 0 aromatic heterocycles. The Morgan fingerprint density at radius 3 is 2.71 bits per heavy atom. The van der Waals surface area contributed by atoms with Crippen molar-refractivity contribution >= 4 is 23.4 Å². The summed E-state index contributed by atoms with van der Waals surface area (Å²) in [4.78, 5) is 11.1. The lowest BCUT2D eigenvalue weighted by Crippen LogP contribution is -2.20. The van der Waals surface area contributed by atoms with Gasteiger partial charge in [-0.25, -0.2) is 0 Å². The fraction of sp³-hybridized carbons (Fsp3) is 0.588. The molecule has 2 N–H and O–H groups in total. The van der Waals surface area contributed by atoms with Crippen LogP contribution >= 0.6 is 11.8 Å². The second-order valence-electron chi connectivity index (χ2n) is 5.39. The van der Waals surface area contributed by atoms with Gasteiger partial charge in [-0.1, -0.05) is 25.0 Å². The highest BCUT2D eigenvalue weighted by atomic mass is 32.2. The van der Waals surface area contributed by atoms with E-state index < -0.39 is 0 Å². The lowest BCUT2D eigenvalue weighted by molar-refractivity contribution is -0.114. The highest BCUT2D eigenvalue weighted by Crippen LogP contribution is 2.17. The summed E-state index contributed by atoms with van der Waals surface area (Å²) in [5, 5.41) is 6.38. The quantitative estimate of drug-likeness (QED) is 0.636. The van der Waals surface area contributed by atoms with Gasteiger partial charge in [0.25, 0.3) is 0 Å². The van der Waals surface area contributed by atoms with E-state index in [2.05, 4.69) is 29.9 Å². The Bertz CT molecular complexity index is 423. The number of nitrogens with one attached hydrogen (secondary N) is 2. The molecule has 0 fully saturated rings. The lowest BCUT2D eigenvalue weighted by Gasteiger charge is -2.15. The molecule has 0 heterocycles. The van der Waals surface area contributed by atoms with Crippen LogP contribution in [0.1, 0.15) is 51.1 Å². The van der Waals surface area contributed by atoms with Gasteiger partial charge in [0.15, 0.2) is 0 Å². The third-order valence-corrected chi connectivity index (χ3v) is 4.13. The maximum atomic E-state index is 11.1. The summed E-state index contributed by atoms with van der Waals surface area (Å²) in [7, 11) is 0. The molecular formula is C17H28N2OS. The first-order chi connectivity index (χ1) is 10.1. The fourth-order valence-corrected chi connectivity index (χ4v) is 2.74. The molecule has 1 amide bonds. The van der Waals surface area contributed by atoms with Crippen molar-refractivity contribution in [2.45, 2.75) is 45.6 Å². The maximum absolute atomic E-state index is 11.1. The Morgan fingerprint density at radius 2 is 2.00 bits per heavy atom. The second-order valence-corrected chi connectivity index (χ2v) is 6.38. The summed E-state index contributed by atoms with van der Waals surface area (Å²) < 4.78 is 0. The van der Waals surface area contributed by atoms with Crippen molar-refractivity contribution in [3.8, 4) is 0 Å². The third kappa shape index (κ3) is 8.12. The van der Waals surface area contributed by atoms with Crippen LogP contribution in [0.15, 0.2) is 24.3 Å². The first kappa shape index (κ1) is 18.1. The number of anilines is 1. The van der Waals surface area contributed by atoms with Gasteiger partial charge < -0.3 is 10.6 Å². The van der Waals surface area contributed by atoms with E-state index >= 15 is 0 Å². The molecule has 3 nitrogen and oxygen atoms in total. The summed E-state index contributed by atoms with van der Waals surface area (Å²) in [5.74, 6) is 1.25. The van der Waals surface area contributed by atoms with E-state index in [0.717, 1.165) is 12.2 Å². The van der Waals surface area contributed by atoms with Crippen LogP contribution in [0.25, 0.3) is 0 Å². The smallest absolute Gasteiger partial charge is 0.221 e. The van der Waals surface area contributed by atoms with E-state index in [9.17, 15) is 4.79 Å². The zero-order valence-electron chi connectivity index (χ0n) is 13.4. The van der Waals surface area contributed by atoms with E-state index in [1.165, 1.54) is 43.9 Å². The normalized spacial score (nSPS) is 12.1. The fourth-order valence-electron chi connectivity index (χ4n) is 2.25. The zero-order chi connectivity index (χ0) is 15.5. The van der Waals surface area contributed by atoms with Gasteiger partial charge in [-0.3, -0.25) is 4.79 Å². The highest BCUT2D eigenvalue weighted by molar-refractivity contribution is 7.98. The maximum Gasteiger partial charge on any atom is 0.221 e. The zero-order valence-corrected chi connectivity index (χ0v) is 14.3. The second kappa shape index (κ2) is 10.7. The monoisotopic (exact) mass is 308 g/mol. The molecule has 1 aromatic carbocycles. The van der Waals surface area contributed by atoms with Crippen LogP contribution in [0.3, 0.4) is 0 Å². The van der Waals surface area contributed by atoms with Crippen molar-refractivity contribution in [2.24, 2.45) is 0 Å². The van der Waals surface area contributed by atoms with Crippen molar-refractivity contribution < 1.29 is 4.79 Å². The molecule has 0 aliphatic carbocycles. The van der Waals surface area contributed by atoms with Gasteiger partial charge in [0, 0.05) is 18.7 Å². The summed E-state index contributed by atoms with van der Waals surface area (Å²) in [5.41, 5.74) is 2.08. The Balaban J connectivity index is 2.28. The van der Waals surface area contributed by atoms with Crippen molar-refractivity contribution in [2.75, 3.05) is 23.9 Å². The molecular weight excluding hydrogens is 280 g/mol. The number of amides is 1. The Kier molecular flexibility index (Phi) is 9.19. The highest BCUT2D eigenvalue weighted by Gasteiger charge is 2.05. The molecule has 1 atom stereocenters. The molecule has 21 heavy (non-hydrogen) atoms. The number of carbonyl (C=O) groups is 1. The van der Waals surface area contributed by atoms with Crippen LogP contribution < -0.4 is 10.6 Å². The molecule has 0 spiro atoms. The molecule has 1 aromatic rings. The molecule has 0 bridgehead atoms. The van der Waals surface area contributed by atoms with Crippen molar-refractivity contribution in [1.82, 2.24) is 5.32 Å². The van der Waals surface area contributed by atoms with Crippen molar-refractivity contribution in [3.63, 3.8) is 0 Å². The molecule has 0 radical (unpaired) electrons. The minimum absolute atomic E-state index is 0.0296. The minimum atomic E-state index is -0.0296. The van der Waals surface area contributed by atoms with Crippen LogP contribution in [0.2, 0.25) is 0 Å². The SMILES string of the molecule is CSCCCCCCNC(C)c1cccc(NC(C)=O)c1. The number of rotatable bonds is 10. The summed E-state index contributed by atoms with van der Waals surface area (Å²) >= 11 is 1.93. The molecule has 1 rings (SSSR count). The Hall–Kier alpha value is -1.00. The van der Waals surface area contributed by atoms with Crippen molar-refractivity contribution in [3.05, 3.63) is 29.8 Å². The number of benzene rings is 1. The van der Waals surface area contributed by atoms with Crippen LogP contribution in [-0.4, -0.2) is 24.5 Å². The summed E-state index contributed by atoms with van der Waals surface area (Å²) in [6.45, 7) is 4.75. The van der Waals surface area contributed by atoms with E-state index in [-0.39, 0.29) is 5.91 Å². The molecule has 0 saturated heterocycles. The standard InChI is InChI=1S/C17H28N2OS/c1-14(18-11-6-4-5-7-12-21-3)16-9-8-10-17(13-16)19-15(2)20/h8-10,13-14,18H,4-7,11-12H2,1-3H3,(H,19,20). The summed E-state index contributed by atoms with van der Waals surface area (Å²) in [6, 6.07) is 8.36. The van der Waals surface area contributed by atoms with E-state index in [1.807, 2.05) is 30.0 Å². The molecule has 118 valence electrons. The van der Waals surface area contributed by atoms with Gasteiger partial charge in [-0.05, 0) is 56.0 Å². The average Bonchev–Trinajstić information content (AvgIpc) is 2.45. The number of thioether (sulfide) groups is 1. The van der Waals surface area contributed by atoms with E-state index in [0.29, 0.717) is 6.04 Å². The number of hydrogen-bond donors (Lipinski definition) is 2. The minimum Gasteiger partial charge on any atom is -0.326 e. The van der Waals surface area contributed by atoms with Gasteiger partial charge >= 0.3 is 0 Å². The van der Waals surface area contributed by atoms with Gasteiger partial charge in [0.1, 0.15) is 0 Å². The Morgan fingerprint density at radius 1 is 1.24 bits per heavy atom. The van der Waals surface area contributed by atoms with E-state index in [1.54, 1.807) is 0 Å². The van der Waals surface area contributed by atoms with Gasteiger partial charge in [-0.2, -0.15) is 11.8 Å². The van der Waals surface area contributed by atoms with Crippen LogP contribution in [0, 0.1) is 0 Å². The number of hydrogen-bond acceptors (Lipinski definition) is 3. The third-order valence-electron chi connectivity index (χ3n) is 3.43. The van der Waals surface area contributed by atoms with Crippen LogP contribution in [-0.2, 0) is 4.79 Å². The van der Waals surface area contributed by atoms with Gasteiger partial charge in [-0.15, -0.1) is 0 Å². The molecule has 0 aliphatic heterocycles. The van der Waals surface area contributed by atoms with Crippen molar-refractivity contribution in [1.29, 1.82) is 0 Å². The molecule has 0 saturated carbocycles. The number of carbonyl (C=O) groups excluding carboxylic acids is 1. The number of unbranched alkanes of at least 4 members (excludes halogenated alkanes) is 3. The first-order valence-electron chi connectivity index (χ1n) is 7.73. The lowest BCUT2D eigenvalue weighted by atomic mass is 10.1. The predicted molar refractivity (Wildman–Crippen MR) is 94.0 cm³/mol. The van der Waals surface area contributed by atoms with Gasteiger partial charge in [0.05, 0.1) is 0 Å². The van der Waals surface area contributed by atoms with Gasteiger partial charge in [0.2, 0.25) is 5.91 Å².